The zero-order valence-corrected chi connectivity index (χ0v) is 4.01. The molecule has 0 saturated heterocycles. The third-order valence-electron chi connectivity index (χ3n) is 0. The minimum absolute atomic E-state index is 0. The van der Waals surface area contributed by atoms with E-state index in [9.17, 15) is 0 Å². The predicted molar refractivity (Wildman–Crippen MR) is 25.5 cm³/mol. The SMILES string of the molecule is CO.NC(N)=O.O. The van der Waals surface area contributed by atoms with Gasteiger partial charge in [-0.2, -0.15) is 0 Å². The molecule has 0 aromatic heterocycles. The van der Waals surface area contributed by atoms with Gasteiger partial charge in [0, 0.05) is 7.11 Å². The third-order valence-corrected chi connectivity index (χ3v) is 0. The first-order chi connectivity index (χ1) is 2.73. The predicted octanol–water partition coefficient (Wildman–Crippen LogP) is -2.19. The van der Waals surface area contributed by atoms with Crippen molar-refractivity contribution in [2.75, 3.05) is 7.11 Å². The lowest BCUT2D eigenvalue weighted by Crippen LogP contribution is -2.18. The summed E-state index contributed by atoms with van der Waals surface area (Å²) in [5.74, 6) is 0. The number of aliphatic hydroxyl groups excluding tert-OH is 1. The van der Waals surface area contributed by atoms with Crippen LogP contribution in [0.4, 0.5) is 4.79 Å². The van der Waals surface area contributed by atoms with Crippen LogP contribution in [0.25, 0.3) is 0 Å². The summed E-state index contributed by atoms with van der Waals surface area (Å²) in [4.78, 5) is 9.00. The molecule has 0 rings (SSSR count). The molecule has 0 aliphatic rings. The second-order valence-electron chi connectivity index (χ2n) is 0.402. The van der Waals surface area contributed by atoms with Crippen LogP contribution in [0.15, 0.2) is 0 Å². The number of hydrogen-bond donors (Lipinski definition) is 3. The lowest BCUT2D eigenvalue weighted by atomic mass is 11.2. The quantitative estimate of drug-likeness (QED) is 0.328. The molecular formula is C2H10N2O3. The van der Waals surface area contributed by atoms with Crippen LogP contribution in [-0.4, -0.2) is 23.7 Å². The Morgan fingerprint density at radius 3 is 1.43 bits per heavy atom. The number of amides is 2. The van der Waals surface area contributed by atoms with Crippen LogP contribution in [0.5, 0.6) is 0 Å². The molecule has 0 radical (unpaired) electrons. The van der Waals surface area contributed by atoms with E-state index in [1.165, 1.54) is 0 Å². The van der Waals surface area contributed by atoms with Gasteiger partial charge < -0.3 is 22.1 Å². The van der Waals surface area contributed by atoms with Crippen LogP contribution in [-0.2, 0) is 0 Å². The summed E-state index contributed by atoms with van der Waals surface area (Å²) in [5.41, 5.74) is 8.50. The molecule has 5 heteroatoms. The molecular weight excluding hydrogens is 100 g/mol. The largest absolute Gasteiger partial charge is 0.412 e. The molecule has 0 bridgehead atoms. The molecule has 7 N–H and O–H groups in total. The van der Waals surface area contributed by atoms with E-state index in [-0.39, 0.29) is 5.48 Å². The highest BCUT2D eigenvalue weighted by atomic mass is 16.2. The molecule has 0 unspecified atom stereocenters. The van der Waals surface area contributed by atoms with Crippen molar-refractivity contribution in [3.8, 4) is 0 Å². The van der Waals surface area contributed by atoms with Gasteiger partial charge in [0.15, 0.2) is 0 Å². The minimum atomic E-state index is -0.833. The molecule has 0 aromatic carbocycles. The van der Waals surface area contributed by atoms with Crippen molar-refractivity contribution in [3.05, 3.63) is 0 Å². The highest BCUT2D eigenvalue weighted by Crippen LogP contribution is 1.25. The van der Waals surface area contributed by atoms with Crippen LogP contribution in [0, 0.1) is 0 Å². The molecule has 0 aliphatic heterocycles. The summed E-state index contributed by atoms with van der Waals surface area (Å²) >= 11 is 0. The van der Waals surface area contributed by atoms with Crippen LogP contribution in [0.2, 0.25) is 0 Å². The van der Waals surface area contributed by atoms with E-state index >= 15 is 0 Å². The lowest BCUT2D eigenvalue weighted by Gasteiger charge is -1.62. The van der Waals surface area contributed by atoms with E-state index in [0.717, 1.165) is 7.11 Å². The van der Waals surface area contributed by atoms with Gasteiger partial charge in [0.05, 0.1) is 0 Å². The molecule has 7 heavy (non-hydrogen) atoms. The minimum Gasteiger partial charge on any atom is -0.412 e. The Bertz CT molecular complexity index is 33.9. The average molecular weight is 110 g/mol. The maximum atomic E-state index is 9.00. The average Bonchev–Trinajstić information content (AvgIpc) is 1.41. The van der Waals surface area contributed by atoms with Gasteiger partial charge in [-0.25, -0.2) is 4.79 Å². The van der Waals surface area contributed by atoms with Gasteiger partial charge in [0.1, 0.15) is 0 Å². The Morgan fingerprint density at radius 1 is 1.43 bits per heavy atom. The number of carbonyl (C=O) groups is 1. The first-order valence-electron chi connectivity index (χ1n) is 1.23. The molecule has 46 valence electrons. The number of urea groups is 1. The first kappa shape index (κ1) is 16.4. The topological polar surface area (TPSA) is 121 Å². The smallest absolute Gasteiger partial charge is 0.309 e. The van der Waals surface area contributed by atoms with Crippen molar-refractivity contribution < 1.29 is 15.4 Å². The van der Waals surface area contributed by atoms with Crippen LogP contribution >= 0.6 is 0 Å². The number of nitrogens with two attached hydrogens (primary N) is 2. The maximum absolute atomic E-state index is 9.00. The zero-order valence-electron chi connectivity index (χ0n) is 4.01. The highest BCUT2D eigenvalue weighted by molar-refractivity contribution is 5.69. The zero-order chi connectivity index (χ0) is 5.58. The third kappa shape index (κ3) is 80.5. The van der Waals surface area contributed by atoms with Crippen LogP contribution in [0.1, 0.15) is 0 Å². The van der Waals surface area contributed by atoms with Gasteiger partial charge in [-0.1, -0.05) is 0 Å². The second kappa shape index (κ2) is 19.0. The molecule has 2 amide bonds. The summed E-state index contributed by atoms with van der Waals surface area (Å²) in [7, 11) is 1.00. The van der Waals surface area contributed by atoms with Gasteiger partial charge in [0.25, 0.3) is 0 Å². The standard InChI is InChI=1S/CH4N2O.CH4O.H2O/c2-1(3)4;1-2;/h(H4,2,3,4);2H,1H3;1H2. The van der Waals surface area contributed by atoms with Gasteiger partial charge >= 0.3 is 6.03 Å². The van der Waals surface area contributed by atoms with Crippen LogP contribution in [0.3, 0.4) is 0 Å². The van der Waals surface area contributed by atoms with Crippen molar-refractivity contribution in [1.82, 2.24) is 0 Å². The number of primary amides is 2. The Labute approximate surface area is 41.2 Å². The van der Waals surface area contributed by atoms with E-state index < -0.39 is 6.03 Å². The number of aliphatic hydroxyl groups is 1. The summed E-state index contributed by atoms with van der Waals surface area (Å²) < 4.78 is 0. The fraction of sp³-hybridized carbons (Fsp3) is 0.500. The summed E-state index contributed by atoms with van der Waals surface area (Å²) in [6.45, 7) is 0. The highest BCUT2D eigenvalue weighted by Gasteiger charge is 1.60. The van der Waals surface area contributed by atoms with Crippen molar-refractivity contribution in [2.45, 2.75) is 0 Å². The van der Waals surface area contributed by atoms with E-state index in [0.29, 0.717) is 0 Å². The molecule has 0 aromatic rings. The monoisotopic (exact) mass is 110 g/mol. The molecule has 0 saturated carbocycles. The molecule has 0 atom stereocenters. The van der Waals surface area contributed by atoms with E-state index in [1.54, 1.807) is 0 Å². The van der Waals surface area contributed by atoms with Crippen molar-refractivity contribution in [1.29, 1.82) is 0 Å². The lowest BCUT2D eigenvalue weighted by molar-refractivity contribution is 0.256. The van der Waals surface area contributed by atoms with E-state index in [4.69, 9.17) is 9.90 Å². The Kier molecular flexibility index (Phi) is 44.5. The summed E-state index contributed by atoms with van der Waals surface area (Å²) in [5, 5.41) is 7.00. The number of carbonyl (C=O) groups excluding carboxylic acids is 1. The fourth-order valence-electron chi connectivity index (χ4n) is 0. The number of rotatable bonds is 0. The Morgan fingerprint density at radius 2 is 1.43 bits per heavy atom. The van der Waals surface area contributed by atoms with E-state index in [1.807, 2.05) is 0 Å². The summed E-state index contributed by atoms with van der Waals surface area (Å²) in [6.07, 6.45) is 0. The molecule has 0 aliphatic carbocycles. The normalized spacial score (nSPS) is 4.29. The van der Waals surface area contributed by atoms with Crippen molar-refractivity contribution in [3.63, 3.8) is 0 Å². The second-order valence-corrected chi connectivity index (χ2v) is 0.402. The molecule has 0 spiro atoms. The molecule has 0 heterocycles. The van der Waals surface area contributed by atoms with E-state index in [2.05, 4.69) is 11.5 Å². The number of hydrogen-bond acceptors (Lipinski definition) is 2. The van der Waals surface area contributed by atoms with Gasteiger partial charge in [-0.05, 0) is 0 Å². The molecule has 5 nitrogen and oxygen atoms in total. The molecule has 0 fully saturated rings. The summed E-state index contributed by atoms with van der Waals surface area (Å²) in [6, 6.07) is -0.833. The fourth-order valence-corrected chi connectivity index (χ4v) is 0. The Hall–Kier alpha value is -0.810. The maximum Gasteiger partial charge on any atom is 0.309 e. The van der Waals surface area contributed by atoms with Crippen LogP contribution < -0.4 is 11.5 Å². The van der Waals surface area contributed by atoms with Gasteiger partial charge in [-0.3, -0.25) is 0 Å². The van der Waals surface area contributed by atoms with Crippen molar-refractivity contribution >= 4 is 6.03 Å². The van der Waals surface area contributed by atoms with Gasteiger partial charge in [0.2, 0.25) is 0 Å². The Balaban J connectivity index is -0.0000000480. The first-order valence-corrected chi connectivity index (χ1v) is 1.23. The van der Waals surface area contributed by atoms with Crippen molar-refractivity contribution in [2.24, 2.45) is 11.5 Å². The van der Waals surface area contributed by atoms with Gasteiger partial charge in [-0.15, -0.1) is 0 Å².